The van der Waals surface area contributed by atoms with Crippen LogP contribution in [0.2, 0.25) is 0 Å². The Morgan fingerprint density at radius 2 is 2.14 bits per heavy atom. The minimum Gasteiger partial charge on any atom is -0.462 e. The van der Waals surface area contributed by atoms with Crippen LogP contribution in [0.1, 0.15) is 29.1 Å². The van der Waals surface area contributed by atoms with Crippen molar-refractivity contribution in [2.45, 2.75) is 20.3 Å². The van der Waals surface area contributed by atoms with Gasteiger partial charge in [0, 0.05) is 9.35 Å². The molecule has 0 unspecified atom stereocenters. The third-order valence-corrected chi connectivity index (χ3v) is 4.58. The van der Waals surface area contributed by atoms with Gasteiger partial charge < -0.3 is 15.8 Å². The van der Waals surface area contributed by atoms with Crippen LogP contribution in [0.4, 0.5) is 16.4 Å². The van der Waals surface area contributed by atoms with Crippen molar-refractivity contribution >= 4 is 49.6 Å². The molecule has 0 fully saturated rings. The Kier molecular flexibility index (Phi) is 5.25. The number of nitrogens with two attached hydrogens (primary N) is 1. The first kappa shape index (κ1) is 15.9. The largest absolute Gasteiger partial charge is 0.462 e. The number of nitrogen functional groups attached to an aromatic ring is 1. The van der Waals surface area contributed by atoms with Crippen LogP contribution < -0.4 is 11.1 Å². The summed E-state index contributed by atoms with van der Waals surface area (Å²) >= 11 is 4.92. The van der Waals surface area contributed by atoms with E-state index in [1.165, 1.54) is 0 Å². The van der Waals surface area contributed by atoms with E-state index in [0.29, 0.717) is 17.9 Å². The second-order valence-electron chi connectivity index (χ2n) is 4.39. The van der Waals surface area contributed by atoms with E-state index in [9.17, 15) is 4.79 Å². The number of halogens is 1. The first-order valence-electron chi connectivity index (χ1n) is 6.67. The Morgan fingerprint density at radius 3 is 2.76 bits per heavy atom. The number of anilines is 3. The van der Waals surface area contributed by atoms with Gasteiger partial charge in [-0.1, -0.05) is 22.9 Å². The summed E-state index contributed by atoms with van der Waals surface area (Å²) in [5.41, 5.74) is 7.93. The minimum absolute atomic E-state index is 0.313. The molecule has 0 saturated heterocycles. The fraction of sp³-hybridized carbons (Fsp3) is 0.267. The lowest BCUT2D eigenvalue weighted by atomic mass is 10.2. The van der Waals surface area contributed by atoms with Crippen molar-refractivity contribution in [1.29, 1.82) is 0 Å². The Hall–Kier alpha value is -1.53. The first-order chi connectivity index (χ1) is 10.0. The average molecular weight is 369 g/mol. The summed E-state index contributed by atoms with van der Waals surface area (Å²) < 4.78 is 6.02. The lowest BCUT2D eigenvalue weighted by Crippen LogP contribution is -2.06. The van der Waals surface area contributed by atoms with Gasteiger partial charge in [0.05, 0.1) is 23.5 Å². The second kappa shape index (κ2) is 6.95. The van der Waals surface area contributed by atoms with Crippen molar-refractivity contribution in [3.05, 3.63) is 39.2 Å². The van der Waals surface area contributed by atoms with Crippen LogP contribution in [0.3, 0.4) is 0 Å². The van der Waals surface area contributed by atoms with E-state index in [0.717, 1.165) is 26.5 Å². The molecule has 4 nitrogen and oxygen atoms in total. The molecule has 0 aliphatic carbocycles. The van der Waals surface area contributed by atoms with Gasteiger partial charge in [0.2, 0.25) is 0 Å². The van der Waals surface area contributed by atoms with Crippen LogP contribution >= 0.6 is 27.3 Å². The van der Waals surface area contributed by atoms with Crippen molar-refractivity contribution in [3.8, 4) is 0 Å². The molecule has 0 aliphatic rings. The molecule has 0 amide bonds. The van der Waals surface area contributed by atoms with Gasteiger partial charge in [-0.15, -0.1) is 11.3 Å². The molecule has 0 radical (unpaired) electrons. The molecule has 0 spiro atoms. The fourth-order valence-corrected chi connectivity index (χ4v) is 3.21. The van der Waals surface area contributed by atoms with E-state index in [-0.39, 0.29) is 5.97 Å². The number of hydrogen-bond acceptors (Lipinski definition) is 5. The Morgan fingerprint density at radius 1 is 1.38 bits per heavy atom. The van der Waals surface area contributed by atoms with Gasteiger partial charge in [0.15, 0.2) is 0 Å². The van der Waals surface area contributed by atoms with E-state index < -0.39 is 0 Å². The molecular weight excluding hydrogens is 352 g/mol. The average Bonchev–Trinajstić information content (AvgIpc) is 2.85. The number of carbonyl (C=O) groups excluding carboxylic acids is 1. The molecule has 2 aromatic rings. The van der Waals surface area contributed by atoms with E-state index >= 15 is 0 Å². The Bertz CT molecular complexity index is 655. The zero-order chi connectivity index (χ0) is 15.4. The molecule has 1 aromatic carbocycles. The highest BCUT2D eigenvalue weighted by Gasteiger charge is 2.17. The molecule has 0 bridgehead atoms. The summed E-state index contributed by atoms with van der Waals surface area (Å²) in [6, 6.07) is 7.47. The predicted molar refractivity (Wildman–Crippen MR) is 91.5 cm³/mol. The third-order valence-electron chi connectivity index (χ3n) is 2.89. The van der Waals surface area contributed by atoms with Gasteiger partial charge >= 0.3 is 5.97 Å². The van der Waals surface area contributed by atoms with Gasteiger partial charge in [-0.2, -0.15) is 0 Å². The van der Waals surface area contributed by atoms with Gasteiger partial charge in [-0.3, -0.25) is 0 Å². The number of thiophene rings is 1. The Balaban J connectivity index is 2.34. The van der Waals surface area contributed by atoms with Crippen molar-refractivity contribution in [2.75, 3.05) is 17.7 Å². The maximum atomic E-state index is 12.0. The highest BCUT2D eigenvalue weighted by Crippen LogP contribution is 2.34. The van der Waals surface area contributed by atoms with Crippen LogP contribution in [0.15, 0.2) is 28.7 Å². The van der Waals surface area contributed by atoms with Crippen molar-refractivity contribution < 1.29 is 9.53 Å². The fourth-order valence-electron chi connectivity index (χ4n) is 1.84. The van der Waals surface area contributed by atoms with Crippen molar-refractivity contribution in [1.82, 2.24) is 0 Å². The van der Waals surface area contributed by atoms with Crippen LogP contribution in [-0.2, 0) is 11.2 Å². The Labute approximate surface area is 136 Å². The molecule has 0 saturated carbocycles. The summed E-state index contributed by atoms with van der Waals surface area (Å²) in [5, 5.41) is 4.00. The number of benzene rings is 1. The summed E-state index contributed by atoms with van der Waals surface area (Å²) in [6.45, 7) is 4.21. The number of ether oxygens (including phenoxy) is 1. The molecular formula is C15H17BrN2O2S. The molecule has 21 heavy (non-hydrogen) atoms. The summed E-state index contributed by atoms with van der Waals surface area (Å²) in [4.78, 5) is 13.2. The number of carbonyl (C=O) groups is 1. The quantitative estimate of drug-likeness (QED) is 0.598. The van der Waals surface area contributed by atoms with Crippen LogP contribution in [-0.4, -0.2) is 12.6 Å². The zero-order valence-electron chi connectivity index (χ0n) is 11.9. The van der Waals surface area contributed by atoms with Crippen LogP contribution in [0, 0.1) is 0 Å². The number of rotatable bonds is 5. The van der Waals surface area contributed by atoms with Gasteiger partial charge in [0.1, 0.15) is 5.00 Å². The second-order valence-corrected chi connectivity index (χ2v) is 6.44. The molecule has 3 N–H and O–H groups in total. The highest BCUT2D eigenvalue weighted by atomic mass is 79.9. The number of nitrogens with one attached hydrogen (secondary N) is 1. The molecule has 1 aromatic heterocycles. The summed E-state index contributed by atoms with van der Waals surface area (Å²) in [6.07, 6.45) is 0.870. The van der Waals surface area contributed by atoms with E-state index in [2.05, 4.69) is 28.2 Å². The number of hydrogen-bond donors (Lipinski definition) is 2. The first-order valence-corrected chi connectivity index (χ1v) is 8.28. The smallest absolute Gasteiger partial charge is 0.341 e. The standard InChI is InChI=1S/C15H17BrN2O2S/c1-3-10-8-11(15(19)20-4-2)14(21-10)18-13-6-5-9(16)7-12(13)17/h5-8,18H,3-4,17H2,1-2H3. The normalized spacial score (nSPS) is 10.4. The number of aryl methyl sites for hydroxylation is 1. The third kappa shape index (κ3) is 3.77. The molecule has 112 valence electrons. The predicted octanol–water partition coefficient (Wildman–Crippen LogP) is 4.58. The molecule has 0 aliphatic heterocycles. The molecule has 2 rings (SSSR count). The van der Waals surface area contributed by atoms with Gasteiger partial charge in [-0.05, 0) is 37.6 Å². The maximum Gasteiger partial charge on any atom is 0.341 e. The zero-order valence-corrected chi connectivity index (χ0v) is 14.3. The van der Waals surface area contributed by atoms with Crippen molar-refractivity contribution in [3.63, 3.8) is 0 Å². The summed E-state index contributed by atoms with van der Waals surface area (Å²) in [5.74, 6) is -0.313. The molecule has 0 atom stereocenters. The monoisotopic (exact) mass is 368 g/mol. The van der Waals surface area contributed by atoms with E-state index in [1.807, 2.05) is 24.3 Å². The van der Waals surface area contributed by atoms with E-state index in [4.69, 9.17) is 10.5 Å². The highest BCUT2D eigenvalue weighted by molar-refractivity contribution is 9.10. The lowest BCUT2D eigenvalue weighted by molar-refractivity contribution is 0.0528. The van der Waals surface area contributed by atoms with E-state index in [1.54, 1.807) is 18.3 Å². The van der Waals surface area contributed by atoms with Gasteiger partial charge in [-0.25, -0.2) is 4.79 Å². The van der Waals surface area contributed by atoms with Crippen molar-refractivity contribution in [2.24, 2.45) is 0 Å². The van der Waals surface area contributed by atoms with Gasteiger partial charge in [0.25, 0.3) is 0 Å². The lowest BCUT2D eigenvalue weighted by Gasteiger charge is -2.09. The SMILES string of the molecule is CCOC(=O)c1cc(CC)sc1Nc1ccc(Br)cc1N. The van der Waals surface area contributed by atoms with Crippen LogP contribution in [0.5, 0.6) is 0 Å². The summed E-state index contributed by atoms with van der Waals surface area (Å²) in [7, 11) is 0. The molecule has 6 heteroatoms. The topological polar surface area (TPSA) is 64.3 Å². The maximum absolute atomic E-state index is 12.0. The number of esters is 1. The minimum atomic E-state index is -0.313. The molecule has 1 heterocycles. The van der Waals surface area contributed by atoms with Crippen LogP contribution in [0.25, 0.3) is 0 Å².